The first-order valence-corrected chi connectivity index (χ1v) is 7.79. The number of nitrogens with one attached hydrogen (secondary N) is 1. The number of carbonyl (C=O) groups excluding carboxylic acids is 2. The van der Waals surface area contributed by atoms with Crippen LogP contribution in [0.4, 0.5) is 0 Å². The van der Waals surface area contributed by atoms with Gasteiger partial charge in [0.15, 0.2) is 6.61 Å². The maximum absolute atomic E-state index is 11.5. The van der Waals surface area contributed by atoms with Crippen LogP contribution in [0.25, 0.3) is 6.08 Å². The summed E-state index contributed by atoms with van der Waals surface area (Å²) in [6.07, 6.45) is 2.79. The van der Waals surface area contributed by atoms with Crippen LogP contribution in [0.2, 0.25) is 5.02 Å². The molecule has 0 unspecified atom stereocenters. The fourth-order valence-electron chi connectivity index (χ4n) is 1.60. The van der Waals surface area contributed by atoms with Gasteiger partial charge >= 0.3 is 5.97 Å². The number of halogens is 1. The zero-order valence-electron chi connectivity index (χ0n) is 11.6. The highest BCUT2D eigenvalue weighted by atomic mass is 35.5. The van der Waals surface area contributed by atoms with Gasteiger partial charge in [-0.3, -0.25) is 4.79 Å². The van der Waals surface area contributed by atoms with Crippen molar-refractivity contribution in [2.75, 3.05) is 6.61 Å². The minimum atomic E-state index is -0.591. The summed E-state index contributed by atoms with van der Waals surface area (Å²) >= 11 is 7.51. The highest BCUT2D eigenvalue weighted by molar-refractivity contribution is 7.09. The SMILES string of the molecule is O=C(COC(=O)C=Cc1ccccc1Cl)NCc1cccs1. The molecule has 2 rings (SSSR count). The van der Waals surface area contributed by atoms with E-state index < -0.39 is 5.97 Å². The molecule has 2 aromatic rings. The van der Waals surface area contributed by atoms with Crippen molar-refractivity contribution < 1.29 is 14.3 Å². The van der Waals surface area contributed by atoms with E-state index in [1.807, 2.05) is 23.6 Å². The van der Waals surface area contributed by atoms with Crippen LogP contribution in [0.5, 0.6) is 0 Å². The Bertz CT molecular complexity index is 668. The quantitative estimate of drug-likeness (QED) is 0.651. The highest BCUT2D eigenvalue weighted by Gasteiger charge is 2.05. The molecule has 0 aliphatic rings. The molecule has 1 aromatic carbocycles. The van der Waals surface area contributed by atoms with Crippen molar-refractivity contribution in [3.05, 3.63) is 63.3 Å². The van der Waals surface area contributed by atoms with Crippen molar-refractivity contribution in [2.24, 2.45) is 0 Å². The van der Waals surface area contributed by atoms with Gasteiger partial charge in [-0.05, 0) is 29.2 Å². The molecule has 1 aromatic heterocycles. The molecule has 0 spiro atoms. The molecule has 4 nitrogen and oxygen atoms in total. The van der Waals surface area contributed by atoms with Gasteiger partial charge in [0.05, 0.1) is 6.54 Å². The van der Waals surface area contributed by atoms with E-state index in [1.54, 1.807) is 35.6 Å². The Morgan fingerprint density at radius 2 is 2.05 bits per heavy atom. The van der Waals surface area contributed by atoms with Crippen LogP contribution in [0.15, 0.2) is 47.9 Å². The molecule has 0 bridgehead atoms. The van der Waals surface area contributed by atoms with Gasteiger partial charge in [0.2, 0.25) is 0 Å². The first-order chi connectivity index (χ1) is 10.6. The summed E-state index contributed by atoms with van der Waals surface area (Å²) in [4.78, 5) is 24.1. The maximum atomic E-state index is 11.5. The standard InChI is InChI=1S/C16H14ClNO3S/c17-14-6-2-1-4-12(14)7-8-16(20)21-11-15(19)18-10-13-5-3-9-22-13/h1-9H,10-11H2,(H,18,19). The summed E-state index contributed by atoms with van der Waals surface area (Å²) in [7, 11) is 0. The molecule has 0 aliphatic heterocycles. The van der Waals surface area contributed by atoms with Gasteiger partial charge in [-0.15, -0.1) is 11.3 Å². The summed E-state index contributed by atoms with van der Waals surface area (Å²) in [6, 6.07) is 10.9. The zero-order chi connectivity index (χ0) is 15.8. The first kappa shape index (κ1) is 16.3. The lowest BCUT2D eigenvalue weighted by atomic mass is 10.2. The average molecular weight is 336 g/mol. The van der Waals surface area contributed by atoms with Gasteiger partial charge in [-0.1, -0.05) is 35.9 Å². The topological polar surface area (TPSA) is 55.4 Å². The van der Waals surface area contributed by atoms with Crippen molar-refractivity contribution in [2.45, 2.75) is 6.54 Å². The van der Waals surface area contributed by atoms with E-state index in [9.17, 15) is 9.59 Å². The zero-order valence-corrected chi connectivity index (χ0v) is 13.2. The molecule has 1 heterocycles. The second-order valence-corrected chi connectivity index (χ2v) is 5.76. The largest absolute Gasteiger partial charge is 0.452 e. The molecule has 1 N–H and O–H groups in total. The lowest BCUT2D eigenvalue weighted by molar-refractivity contribution is -0.143. The van der Waals surface area contributed by atoms with Crippen molar-refractivity contribution in [3.63, 3.8) is 0 Å². The van der Waals surface area contributed by atoms with Crippen LogP contribution >= 0.6 is 22.9 Å². The minimum Gasteiger partial charge on any atom is -0.452 e. The number of rotatable bonds is 6. The van der Waals surface area contributed by atoms with Gasteiger partial charge in [0.25, 0.3) is 5.91 Å². The normalized spacial score (nSPS) is 10.6. The molecule has 22 heavy (non-hydrogen) atoms. The number of hydrogen-bond acceptors (Lipinski definition) is 4. The monoisotopic (exact) mass is 335 g/mol. The Hall–Kier alpha value is -2.11. The van der Waals surface area contributed by atoms with Crippen LogP contribution in [0.3, 0.4) is 0 Å². The Morgan fingerprint density at radius 1 is 1.23 bits per heavy atom. The molecule has 0 saturated heterocycles. The molecule has 0 fully saturated rings. The minimum absolute atomic E-state index is 0.308. The Labute approximate surface area is 137 Å². The number of hydrogen-bond donors (Lipinski definition) is 1. The predicted octanol–water partition coefficient (Wildman–Crippen LogP) is 3.27. The van der Waals surface area contributed by atoms with E-state index in [0.717, 1.165) is 4.88 Å². The molecule has 1 amide bonds. The van der Waals surface area contributed by atoms with Gasteiger partial charge in [-0.2, -0.15) is 0 Å². The number of amides is 1. The molecular weight excluding hydrogens is 322 g/mol. The lowest BCUT2D eigenvalue weighted by Gasteiger charge is -2.04. The van der Waals surface area contributed by atoms with Gasteiger partial charge in [0.1, 0.15) is 0 Å². The molecule has 0 aliphatic carbocycles. The third kappa shape index (κ3) is 5.35. The van der Waals surface area contributed by atoms with E-state index in [1.165, 1.54) is 6.08 Å². The number of ether oxygens (including phenoxy) is 1. The van der Waals surface area contributed by atoms with E-state index >= 15 is 0 Å². The van der Waals surface area contributed by atoms with E-state index in [2.05, 4.69) is 5.32 Å². The first-order valence-electron chi connectivity index (χ1n) is 6.53. The fraction of sp³-hybridized carbons (Fsp3) is 0.125. The summed E-state index contributed by atoms with van der Waals surface area (Å²) < 4.78 is 4.86. The average Bonchev–Trinajstić information content (AvgIpc) is 3.03. The van der Waals surface area contributed by atoms with Gasteiger partial charge in [-0.25, -0.2) is 4.79 Å². The second kappa shape index (κ2) is 8.36. The Balaban J connectivity index is 1.73. The van der Waals surface area contributed by atoms with Crippen LogP contribution < -0.4 is 5.32 Å². The molecule has 0 atom stereocenters. The number of carbonyl (C=O) groups is 2. The van der Waals surface area contributed by atoms with E-state index in [0.29, 0.717) is 17.1 Å². The van der Waals surface area contributed by atoms with Crippen molar-refractivity contribution >= 4 is 40.9 Å². The molecular formula is C16H14ClNO3S. The maximum Gasteiger partial charge on any atom is 0.331 e. The lowest BCUT2D eigenvalue weighted by Crippen LogP contribution is -2.27. The smallest absolute Gasteiger partial charge is 0.331 e. The third-order valence-corrected chi connectivity index (χ3v) is 3.91. The summed E-state index contributed by atoms with van der Waals surface area (Å²) in [5, 5.41) is 5.15. The molecule has 0 radical (unpaired) electrons. The van der Waals surface area contributed by atoms with Gasteiger partial charge < -0.3 is 10.1 Å². The number of esters is 1. The van der Waals surface area contributed by atoms with Crippen molar-refractivity contribution in [3.8, 4) is 0 Å². The van der Waals surface area contributed by atoms with E-state index in [-0.39, 0.29) is 12.5 Å². The Kier molecular flexibility index (Phi) is 6.18. The summed E-state index contributed by atoms with van der Waals surface area (Å²) in [5.41, 5.74) is 0.711. The van der Waals surface area contributed by atoms with Crippen LogP contribution in [0, 0.1) is 0 Å². The summed E-state index contributed by atoms with van der Waals surface area (Å²) in [6.45, 7) is 0.126. The second-order valence-electron chi connectivity index (χ2n) is 4.32. The Morgan fingerprint density at radius 3 is 2.77 bits per heavy atom. The van der Waals surface area contributed by atoms with Crippen molar-refractivity contribution in [1.29, 1.82) is 0 Å². The molecule has 114 valence electrons. The molecule has 0 saturated carbocycles. The fourth-order valence-corrected chi connectivity index (χ4v) is 2.45. The summed E-state index contributed by atoms with van der Waals surface area (Å²) in [5.74, 6) is -0.931. The van der Waals surface area contributed by atoms with Gasteiger partial charge in [0, 0.05) is 16.0 Å². The van der Waals surface area contributed by atoms with E-state index in [4.69, 9.17) is 16.3 Å². The van der Waals surface area contributed by atoms with Crippen LogP contribution in [-0.4, -0.2) is 18.5 Å². The predicted molar refractivity (Wildman–Crippen MR) is 87.6 cm³/mol. The third-order valence-electron chi connectivity index (χ3n) is 2.69. The number of benzene rings is 1. The van der Waals surface area contributed by atoms with Crippen molar-refractivity contribution in [1.82, 2.24) is 5.32 Å². The van der Waals surface area contributed by atoms with Crippen LogP contribution in [-0.2, 0) is 20.9 Å². The molecule has 6 heteroatoms. The number of thiophene rings is 1. The van der Waals surface area contributed by atoms with Crippen LogP contribution in [0.1, 0.15) is 10.4 Å². The highest BCUT2D eigenvalue weighted by Crippen LogP contribution is 2.16.